The number of likely N-dealkylation sites (N-methyl/N-ethyl adjacent to an activating group) is 1. The van der Waals surface area contributed by atoms with Crippen molar-refractivity contribution in [2.24, 2.45) is 0 Å². The van der Waals surface area contributed by atoms with Crippen molar-refractivity contribution in [3.05, 3.63) is 47.5 Å². The first-order valence-corrected chi connectivity index (χ1v) is 6.91. The highest BCUT2D eigenvalue weighted by Crippen LogP contribution is 2.18. The summed E-state index contributed by atoms with van der Waals surface area (Å²) in [6.45, 7) is 5.12. The number of nitrogens with one attached hydrogen (secondary N) is 1. The van der Waals surface area contributed by atoms with E-state index < -0.39 is 0 Å². The van der Waals surface area contributed by atoms with Crippen LogP contribution in [0, 0.1) is 0 Å². The maximum Gasteiger partial charge on any atom is 0.138 e. The molecule has 0 bridgehead atoms. The second kappa shape index (κ2) is 6.48. The zero-order valence-electron chi connectivity index (χ0n) is 11.9. The van der Waals surface area contributed by atoms with E-state index in [0.717, 1.165) is 25.2 Å². The van der Waals surface area contributed by atoms with Gasteiger partial charge in [0.05, 0.1) is 0 Å². The Hall–Kier alpha value is -1.68. The summed E-state index contributed by atoms with van der Waals surface area (Å²) >= 11 is 0. The molecule has 1 atom stereocenters. The van der Waals surface area contributed by atoms with Gasteiger partial charge in [0.15, 0.2) is 0 Å². The maximum atomic E-state index is 4.35. The molecule has 0 saturated carbocycles. The molecule has 4 nitrogen and oxygen atoms in total. The van der Waals surface area contributed by atoms with E-state index in [1.165, 1.54) is 11.1 Å². The molecule has 1 aromatic carbocycles. The van der Waals surface area contributed by atoms with Crippen LogP contribution in [0.1, 0.15) is 36.8 Å². The van der Waals surface area contributed by atoms with E-state index in [4.69, 9.17) is 0 Å². The molecule has 2 aromatic rings. The lowest BCUT2D eigenvalue weighted by Gasteiger charge is -2.16. The molecular weight excluding hydrogens is 236 g/mol. The van der Waals surface area contributed by atoms with Crippen LogP contribution >= 0.6 is 0 Å². The smallest absolute Gasteiger partial charge is 0.138 e. The first-order valence-electron chi connectivity index (χ1n) is 6.91. The van der Waals surface area contributed by atoms with Crippen LogP contribution in [-0.4, -0.2) is 21.8 Å². The third-order valence-corrected chi connectivity index (χ3v) is 3.52. The molecule has 0 spiro atoms. The lowest BCUT2D eigenvalue weighted by molar-refractivity contribution is 0.533. The number of benzene rings is 1. The van der Waals surface area contributed by atoms with E-state index in [0.29, 0.717) is 0 Å². The Kier molecular flexibility index (Phi) is 4.68. The van der Waals surface area contributed by atoms with Crippen molar-refractivity contribution < 1.29 is 0 Å². The Balaban J connectivity index is 2.15. The van der Waals surface area contributed by atoms with Gasteiger partial charge in [-0.2, -0.15) is 5.10 Å². The number of hydrogen-bond acceptors (Lipinski definition) is 3. The van der Waals surface area contributed by atoms with E-state index in [-0.39, 0.29) is 6.04 Å². The fraction of sp³-hybridized carbons (Fsp3) is 0.467. The van der Waals surface area contributed by atoms with Crippen molar-refractivity contribution >= 4 is 0 Å². The van der Waals surface area contributed by atoms with Gasteiger partial charge in [0.1, 0.15) is 12.2 Å². The van der Waals surface area contributed by atoms with Crippen molar-refractivity contribution in [1.82, 2.24) is 20.1 Å². The third-order valence-electron chi connectivity index (χ3n) is 3.52. The number of nitrogens with zero attached hydrogens (tertiary/aromatic N) is 3. The summed E-state index contributed by atoms with van der Waals surface area (Å²) in [7, 11) is 1.99. The van der Waals surface area contributed by atoms with Crippen molar-refractivity contribution in [1.29, 1.82) is 0 Å². The van der Waals surface area contributed by atoms with Gasteiger partial charge >= 0.3 is 0 Å². The van der Waals surface area contributed by atoms with Crippen LogP contribution in [0.2, 0.25) is 0 Å². The molecule has 0 aliphatic carbocycles. The van der Waals surface area contributed by atoms with Gasteiger partial charge in [-0.1, -0.05) is 31.2 Å². The quantitative estimate of drug-likeness (QED) is 0.865. The highest BCUT2D eigenvalue weighted by atomic mass is 15.3. The molecule has 1 N–H and O–H groups in total. The zero-order valence-corrected chi connectivity index (χ0v) is 11.9. The van der Waals surface area contributed by atoms with Crippen LogP contribution in [0.5, 0.6) is 0 Å². The van der Waals surface area contributed by atoms with Gasteiger partial charge in [-0.3, -0.25) is 4.68 Å². The van der Waals surface area contributed by atoms with Gasteiger partial charge in [-0.15, -0.1) is 0 Å². The predicted molar refractivity (Wildman–Crippen MR) is 77.0 cm³/mol. The molecule has 0 aliphatic rings. The first kappa shape index (κ1) is 13.7. The minimum atomic E-state index is 0.278. The monoisotopic (exact) mass is 258 g/mol. The molecule has 0 fully saturated rings. The van der Waals surface area contributed by atoms with Gasteiger partial charge in [0.2, 0.25) is 0 Å². The average molecular weight is 258 g/mol. The average Bonchev–Trinajstić information content (AvgIpc) is 2.92. The second-order valence-corrected chi connectivity index (χ2v) is 4.63. The van der Waals surface area contributed by atoms with Crippen LogP contribution in [0.25, 0.3) is 0 Å². The molecule has 0 saturated heterocycles. The van der Waals surface area contributed by atoms with E-state index in [9.17, 15) is 0 Å². The molecule has 0 amide bonds. The molecule has 19 heavy (non-hydrogen) atoms. The Bertz CT molecular complexity index is 501. The molecule has 102 valence electrons. The van der Waals surface area contributed by atoms with Crippen LogP contribution in [0.15, 0.2) is 30.6 Å². The largest absolute Gasteiger partial charge is 0.313 e. The zero-order chi connectivity index (χ0) is 13.7. The summed E-state index contributed by atoms with van der Waals surface area (Å²) in [6, 6.07) is 9.08. The molecule has 0 radical (unpaired) electrons. The molecule has 0 aliphatic heterocycles. The number of aryl methyl sites for hydroxylation is 2. The van der Waals surface area contributed by atoms with Gasteiger partial charge < -0.3 is 5.32 Å². The maximum absolute atomic E-state index is 4.35. The van der Waals surface area contributed by atoms with Gasteiger partial charge in [-0.05, 0) is 31.5 Å². The SMILES string of the molecule is CCc1ccc(C(Cc2ncnn2CC)NC)cc1. The van der Waals surface area contributed by atoms with E-state index >= 15 is 0 Å². The standard InChI is InChI=1S/C15H22N4/c1-4-12-6-8-13(9-7-12)14(16-3)10-15-17-11-18-19(15)5-2/h6-9,11,14,16H,4-5,10H2,1-3H3. The fourth-order valence-corrected chi connectivity index (χ4v) is 2.27. The van der Waals surface area contributed by atoms with E-state index in [2.05, 4.69) is 53.5 Å². The van der Waals surface area contributed by atoms with Crippen LogP contribution in [0.4, 0.5) is 0 Å². The van der Waals surface area contributed by atoms with Crippen LogP contribution in [0.3, 0.4) is 0 Å². The normalized spacial score (nSPS) is 12.6. The van der Waals surface area contributed by atoms with E-state index in [1.54, 1.807) is 6.33 Å². The van der Waals surface area contributed by atoms with Gasteiger partial charge in [0, 0.05) is 19.0 Å². The van der Waals surface area contributed by atoms with Crippen molar-refractivity contribution in [3.8, 4) is 0 Å². The highest BCUT2D eigenvalue weighted by molar-refractivity contribution is 5.25. The Morgan fingerprint density at radius 1 is 1.21 bits per heavy atom. The van der Waals surface area contributed by atoms with Crippen LogP contribution < -0.4 is 5.32 Å². The first-order chi connectivity index (χ1) is 9.28. The Morgan fingerprint density at radius 3 is 2.53 bits per heavy atom. The number of hydrogen-bond donors (Lipinski definition) is 1. The number of rotatable bonds is 6. The topological polar surface area (TPSA) is 42.7 Å². The molecule has 2 rings (SSSR count). The Morgan fingerprint density at radius 2 is 1.95 bits per heavy atom. The minimum Gasteiger partial charge on any atom is -0.313 e. The summed E-state index contributed by atoms with van der Waals surface area (Å²) in [5, 5.41) is 7.59. The molecule has 1 heterocycles. The molecule has 1 unspecified atom stereocenters. The Labute approximate surface area is 114 Å². The van der Waals surface area contributed by atoms with Crippen molar-refractivity contribution in [2.45, 2.75) is 39.3 Å². The second-order valence-electron chi connectivity index (χ2n) is 4.63. The summed E-state index contributed by atoms with van der Waals surface area (Å²) in [6.07, 6.45) is 3.57. The molecular formula is C15H22N4. The highest BCUT2D eigenvalue weighted by Gasteiger charge is 2.13. The lowest BCUT2D eigenvalue weighted by Crippen LogP contribution is -2.21. The van der Waals surface area contributed by atoms with Crippen molar-refractivity contribution in [3.63, 3.8) is 0 Å². The summed E-state index contributed by atoms with van der Waals surface area (Å²) in [5.74, 6) is 1.03. The fourth-order valence-electron chi connectivity index (χ4n) is 2.27. The predicted octanol–water partition coefficient (Wildman–Crippen LogP) is 2.36. The van der Waals surface area contributed by atoms with Crippen molar-refractivity contribution in [2.75, 3.05) is 7.05 Å². The number of aromatic nitrogens is 3. The lowest BCUT2D eigenvalue weighted by atomic mass is 10.0. The molecule has 1 aromatic heterocycles. The van der Waals surface area contributed by atoms with E-state index in [1.807, 2.05) is 11.7 Å². The molecule has 4 heteroatoms. The summed E-state index contributed by atoms with van der Waals surface area (Å²) in [4.78, 5) is 4.35. The summed E-state index contributed by atoms with van der Waals surface area (Å²) in [5.41, 5.74) is 2.67. The van der Waals surface area contributed by atoms with Gasteiger partial charge in [0.25, 0.3) is 0 Å². The minimum absolute atomic E-state index is 0.278. The summed E-state index contributed by atoms with van der Waals surface area (Å²) < 4.78 is 1.95. The van der Waals surface area contributed by atoms with Crippen LogP contribution in [-0.2, 0) is 19.4 Å². The third kappa shape index (κ3) is 3.20. The van der Waals surface area contributed by atoms with Gasteiger partial charge in [-0.25, -0.2) is 4.98 Å².